The lowest BCUT2D eigenvalue weighted by atomic mass is 10.1. The highest BCUT2D eigenvalue weighted by atomic mass is 35.5. The van der Waals surface area contributed by atoms with Crippen molar-refractivity contribution in [2.24, 2.45) is 11.7 Å². The van der Waals surface area contributed by atoms with E-state index in [2.05, 4.69) is 0 Å². The molecule has 1 fully saturated rings. The lowest BCUT2D eigenvalue weighted by molar-refractivity contribution is -0.117. The Kier molecular flexibility index (Phi) is 3.32. The summed E-state index contributed by atoms with van der Waals surface area (Å²) in [5.74, 6) is 0.182. The topological polar surface area (TPSA) is 70.1 Å². The van der Waals surface area contributed by atoms with Gasteiger partial charge in [-0.25, -0.2) is 0 Å². The van der Waals surface area contributed by atoms with E-state index in [1.807, 2.05) is 6.07 Å². The SMILES string of the molecule is N#Cc1ccc(Cl)c(N2CC(CN)CC2=O)c1. The van der Waals surface area contributed by atoms with E-state index >= 15 is 0 Å². The van der Waals surface area contributed by atoms with Crippen LogP contribution in [0.1, 0.15) is 12.0 Å². The zero-order valence-electron chi connectivity index (χ0n) is 9.19. The second-order valence-corrected chi connectivity index (χ2v) is 4.50. The van der Waals surface area contributed by atoms with Crippen LogP contribution < -0.4 is 10.6 Å². The minimum atomic E-state index is 0.0115. The van der Waals surface area contributed by atoms with E-state index in [9.17, 15) is 4.79 Å². The fourth-order valence-electron chi connectivity index (χ4n) is 1.96. The Labute approximate surface area is 105 Å². The molecule has 0 bridgehead atoms. The molecule has 1 aromatic carbocycles. The Hall–Kier alpha value is -1.57. The molecule has 1 heterocycles. The molecule has 1 atom stereocenters. The van der Waals surface area contributed by atoms with Crippen LogP contribution in [0.15, 0.2) is 18.2 Å². The summed E-state index contributed by atoms with van der Waals surface area (Å²) in [5.41, 5.74) is 6.66. The van der Waals surface area contributed by atoms with Gasteiger partial charge in [-0.1, -0.05) is 11.6 Å². The number of carbonyl (C=O) groups excluding carboxylic acids is 1. The van der Waals surface area contributed by atoms with Gasteiger partial charge in [0, 0.05) is 13.0 Å². The molecule has 2 N–H and O–H groups in total. The van der Waals surface area contributed by atoms with E-state index in [0.717, 1.165) is 0 Å². The fraction of sp³-hybridized carbons (Fsp3) is 0.333. The molecule has 0 aromatic heterocycles. The zero-order valence-corrected chi connectivity index (χ0v) is 9.94. The number of nitriles is 1. The van der Waals surface area contributed by atoms with Gasteiger partial charge in [-0.05, 0) is 30.7 Å². The molecule has 4 nitrogen and oxygen atoms in total. The Balaban J connectivity index is 2.34. The van der Waals surface area contributed by atoms with Crippen LogP contribution in [0.2, 0.25) is 5.02 Å². The average molecular weight is 250 g/mol. The Bertz CT molecular complexity index is 495. The lowest BCUT2D eigenvalue weighted by Gasteiger charge is -2.18. The number of rotatable bonds is 2. The molecule has 88 valence electrons. The van der Waals surface area contributed by atoms with Crippen LogP contribution in [0.4, 0.5) is 5.69 Å². The number of benzene rings is 1. The standard InChI is InChI=1S/C12H12ClN3O/c13-10-2-1-8(5-14)3-11(10)16-7-9(6-15)4-12(16)17/h1-3,9H,4,6-7,15H2. The van der Waals surface area contributed by atoms with Crippen LogP contribution in [0.5, 0.6) is 0 Å². The molecule has 1 aromatic rings. The van der Waals surface area contributed by atoms with Gasteiger partial charge in [0.05, 0.1) is 22.3 Å². The third-order valence-corrected chi connectivity index (χ3v) is 3.22. The van der Waals surface area contributed by atoms with Crippen molar-refractivity contribution in [3.63, 3.8) is 0 Å². The van der Waals surface area contributed by atoms with Gasteiger partial charge in [0.1, 0.15) is 0 Å². The second-order valence-electron chi connectivity index (χ2n) is 4.09. The maximum absolute atomic E-state index is 11.8. The molecule has 0 saturated carbocycles. The van der Waals surface area contributed by atoms with Crippen molar-refractivity contribution in [3.05, 3.63) is 28.8 Å². The predicted molar refractivity (Wildman–Crippen MR) is 65.7 cm³/mol. The number of halogens is 1. The highest BCUT2D eigenvalue weighted by Crippen LogP contribution is 2.31. The summed E-state index contributed by atoms with van der Waals surface area (Å²) in [4.78, 5) is 13.4. The van der Waals surface area contributed by atoms with Crippen LogP contribution in [0, 0.1) is 17.2 Å². The maximum atomic E-state index is 11.8. The maximum Gasteiger partial charge on any atom is 0.227 e. The summed E-state index contributed by atoms with van der Waals surface area (Å²) in [5, 5.41) is 9.32. The van der Waals surface area contributed by atoms with E-state index in [1.54, 1.807) is 23.1 Å². The molecule has 0 radical (unpaired) electrons. The summed E-state index contributed by atoms with van der Waals surface area (Å²) >= 11 is 6.05. The van der Waals surface area contributed by atoms with Gasteiger partial charge in [-0.3, -0.25) is 4.79 Å². The van der Waals surface area contributed by atoms with Gasteiger partial charge in [0.25, 0.3) is 0 Å². The van der Waals surface area contributed by atoms with Crippen molar-refractivity contribution in [1.29, 1.82) is 5.26 Å². The molecule has 17 heavy (non-hydrogen) atoms. The van der Waals surface area contributed by atoms with Gasteiger partial charge in [0.2, 0.25) is 5.91 Å². The number of nitrogens with two attached hydrogens (primary N) is 1. The molecule has 0 aliphatic carbocycles. The second kappa shape index (κ2) is 4.74. The van der Waals surface area contributed by atoms with Gasteiger partial charge in [0.15, 0.2) is 0 Å². The van der Waals surface area contributed by atoms with Crippen molar-refractivity contribution in [2.45, 2.75) is 6.42 Å². The van der Waals surface area contributed by atoms with E-state index < -0.39 is 0 Å². The first-order valence-corrected chi connectivity index (χ1v) is 5.73. The van der Waals surface area contributed by atoms with Gasteiger partial charge >= 0.3 is 0 Å². The van der Waals surface area contributed by atoms with Crippen LogP contribution in [-0.4, -0.2) is 19.0 Å². The van der Waals surface area contributed by atoms with Crippen LogP contribution >= 0.6 is 11.6 Å². The monoisotopic (exact) mass is 249 g/mol. The number of carbonyl (C=O) groups is 1. The van der Waals surface area contributed by atoms with Crippen molar-refractivity contribution in [1.82, 2.24) is 0 Å². The molecule has 1 aliphatic rings. The van der Waals surface area contributed by atoms with E-state index in [0.29, 0.717) is 35.8 Å². The Morgan fingerprint density at radius 3 is 2.94 bits per heavy atom. The van der Waals surface area contributed by atoms with Crippen molar-refractivity contribution < 1.29 is 4.79 Å². The first-order chi connectivity index (χ1) is 8.15. The van der Waals surface area contributed by atoms with Crippen LogP contribution in [-0.2, 0) is 4.79 Å². The number of hydrogen-bond acceptors (Lipinski definition) is 3. The average Bonchev–Trinajstić information content (AvgIpc) is 2.71. The number of amides is 1. The first kappa shape index (κ1) is 11.9. The van der Waals surface area contributed by atoms with Crippen molar-refractivity contribution in [2.75, 3.05) is 18.0 Å². The largest absolute Gasteiger partial charge is 0.330 e. The highest BCUT2D eigenvalue weighted by Gasteiger charge is 2.30. The number of nitrogens with zero attached hydrogens (tertiary/aromatic N) is 2. The summed E-state index contributed by atoms with van der Waals surface area (Å²) < 4.78 is 0. The third-order valence-electron chi connectivity index (χ3n) is 2.90. The molecular formula is C12H12ClN3O. The van der Waals surface area contributed by atoms with E-state index in [1.165, 1.54) is 0 Å². The summed E-state index contributed by atoms with van der Waals surface area (Å²) in [6, 6.07) is 6.94. The van der Waals surface area contributed by atoms with Crippen molar-refractivity contribution in [3.8, 4) is 6.07 Å². The highest BCUT2D eigenvalue weighted by molar-refractivity contribution is 6.33. The van der Waals surface area contributed by atoms with Crippen LogP contribution in [0.25, 0.3) is 0 Å². The van der Waals surface area contributed by atoms with Gasteiger partial charge in [-0.15, -0.1) is 0 Å². The van der Waals surface area contributed by atoms with Crippen LogP contribution in [0.3, 0.4) is 0 Å². The smallest absolute Gasteiger partial charge is 0.227 e. The third kappa shape index (κ3) is 2.26. The quantitative estimate of drug-likeness (QED) is 0.864. The van der Waals surface area contributed by atoms with Gasteiger partial charge < -0.3 is 10.6 Å². The molecule has 1 amide bonds. The molecule has 0 spiro atoms. The molecular weight excluding hydrogens is 238 g/mol. The minimum Gasteiger partial charge on any atom is -0.330 e. The van der Waals surface area contributed by atoms with Gasteiger partial charge in [-0.2, -0.15) is 5.26 Å². The molecule has 5 heteroatoms. The Morgan fingerprint density at radius 1 is 1.59 bits per heavy atom. The molecule has 1 aliphatic heterocycles. The summed E-state index contributed by atoms with van der Waals surface area (Å²) in [7, 11) is 0. The molecule has 2 rings (SSSR count). The summed E-state index contributed by atoms with van der Waals surface area (Å²) in [6.45, 7) is 1.06. The lowest BCUT2D eigenvalue weighted by Crippen LogP contribution is -2.26. The number of anilines is 1. The molecule has 1 unspecified atom stereocenters. The fourth-order valence-corrected chi connectivity index (χ4v) is 2.18. The number of hydrogen-bond donors (Lipinski definition) is 1. The first-order valence-electron chi connectivity index (χ1n) is 5.35. The predicted octanol–water partition coefficient (Wildman–Crippen LogP) is 1.52. The van der Waals surface area contributed by atoms with E-state index in [4.69, 9.17) is 22.6 Å². The zero-order chi connectivity index (χ0) is 12.4. The van der Waals surface area contributed by atoms with Crippen molar-refractivity contribution >= 4 is 23.2 Å². The Morgan fingerprint density at radius 2 is 2.35 bits per heavy atom. The normalized spacial score (nSPS) is 19.5. The summed E-state index contributed by atoms with van der Waals surface area (Å²) in [6.07, 6.45) is 0.448. The minimum absolute atomic E-state index is 0.0115. The van der Waals surface area contributed by atoms with E-state index in [-0.39, 0.29) is 11.8 Å². The molecule has 1 saturated heterocycles.